The molecule has 1 rings (SSSR count). The molecule has 0 heterocycles. The molecule has 1 aromatic rings. The van der Waals surface area contributed by atoms with E-state index < -0.39 is 0 Å². The fourth-order valence-electron chi connectivity index (χ4n) is 0.832. The first-order valence-electron chi connectivity index (χ1n) is 3.91. The van der Waals surface area contributed by atoms with Crippen LogP contribution in [0.1, 0.15) is 12.5 Å². The van der Waals surface area contributed by atoms with Crippen LogP contribution in [0.4, 0.5) is 0 Å². The van der Waals surface area contributed by atoms with Gasteiger partial charge in [0.1, 0.15) is 12.4 Å². The molecule has 0 N–H and O–H groups in total. The Morgan fingerprint density at radius 2 is 2.08 bits per heavy atom. The minimum Gasteiger partial charge on any atom is -0.486 e. The molecule has 1 aromatic carbocycles. The first-order valence-corrected chi connectivity index (χ1v) is 3.91. The lowest BCUT2D eigenvalue weighted by atomic mass is 10.2. The lowest BCUT2D eigenvalue weighted by molar-refractivity contribution is -0.118. The van der Waals surface area contributed by atoms with Crippen molar-refractivity contribution in [2.24, 2.45) is 0 Å². The molecule has 0 unspecified atom stereocenters. The quantitative estimate of drug-likeness (QED) is 0.651. The van der Waals surface area contributed by atoms with E-state index in [0.717, 1.165) is 5.56 Å². The van der Waals surface area contributed by atoms with Gasteiger partial charge in [0.05, 0.1) is 0 Å². The number of ether oxygens (including phenoxy) is 1. The van der Waals surface area contributed by atoms with Crippen LogP contribution in [-0.2, 0) is 4.79 Å². The molecule has 0 saturated carbocycles. The van der Waals surface area contributed by atoms with Crippen molar-refractivity contribution < 1.29 is 9.53 Å². The fourth-order valence-corrected chi connectivity index (χ4v) is 0.832. The van der Waals surface area contributed by atoms with Gasteiger partial charge in [-0.2, -0.15) is 0 Å². The van der Waals surface area contributed by atoms with Gasteiger partial charge >= 0.3 is 0 Å². The molecule has 0 fully saturated rings. The number of carbonyl (C=O) groups is 1. The summed E-state index contributed by atoms with van der Waals surface area (Å²) in [6, 6.07) is 7.04. The van der Waals surface area contributed by atoms with Crippen molar-refractivity contribution in [1.82, 2.24) is 0 Å². The summed E-state index contributed by atoms with van der Waals surface area (Å²) in [4.78, 5) is 10.6. The number of terminal acetylenes is 1. The van der Waals surface area contributed by atoms with E-state index in [1.807, 2.05) is 0 Å². The highest BCUT2D eigenvalue weighted by atomic mass is 16.5. The molecule has 0 spiro atoms. The van der Waals surface area contributed by atoms with Crippen molar-refractivity contribution in [3.05, 3.63) is 29.8 Å². The maximum absolute atomic E-state index is 10.6. The smallest absolute Gasteiger partial charge is 0.167 e. The minimum absolute atomic E-state index is 0.000950. The molecule has 66 valence electrons. The predicted octanol–water partition coefficient (Wildman–Crippen LogP) is 1.64. The zero-order valence-corrected chi connectivity index (χ0v) is 7.41. The molecule has 0 aliphatic carbocycles. The molecule has 2 heteroatoms. The van der Waals surface area contributed by atoms with Crippen LogP contribution >= 0.6 is 0 Å². The van der Waals surface area contributed by atoms with Crippen molar-refractivity contribution in [3.8, 4) is 18.1 Å². The Bertz CT molecular complexity index is 330. The molecule has 0 saturated heterocycles. The first kappa shape index (κ1) is 9.34. The number of carbonyl (C=O) groups excluding carboxylic acids is 1. The monoisotopic (exact) mass is 174 g/mol. The summed E-state index contributed by atoms with van der Waals surface area (Å²) in [7, 11) is 0. The second kappa shape index (κ2) is 4.32. The molecule has 0 aliphatic rings. The van der Waals surface area contributed by atoms with E-state index in [2.05, 4.69) is 5.92 Å². The molecule has 2 nitrogen and oxygen atoms in total. The van der Waals surface area contributed by atoms with Crippen LogP contribution in [0.3, 0.4) is 0 Å². The van der Waals surface area contributed by atoms with Gasteiger partial charge in [0.15, 0.2) is 5.78 Å². The summed E-state index contributed by atoms with van der Waals surface area (Å²) in [6.07, 6.45) is 5.18. The number of rotatable bonds is 3. The normalized spacial score (nSPS) is 8.92. The van der Waals surface area contributed by atoms with Crippen LogP contribution in [0, 0.1) is 12.3 Å². The molecule has 0 amide bonds. The Labute approximate surface area is 77.5 Å². The summed E-state index contributed by atoms with van der Waals surface area (Å²) in [5, 5.41) is 0. The van der Waals surface area contributed by atoms with Gasteiger partial charge in [-0.05, 0) is 31.2 Å². The Balaban J connectivity index is 2.60. The lowest BCUT2D eigenvalue weighted by Gasteiger charge is -2.02. The van der Waals surface area contributed by atoms with Gasteiger partial charge in [0, 0.05) is 5.56 Å². The van der Waals surface area contributed by atoms with E-state index in [0.29, 0.717) is 5.75 Å². The maximum Gasteiger partial charge on any atom is 0.167 e. The lowest BCUT2D eigenvalue weighted by Crippen LogP contribution is -2.06. The number of hydrogen-bond acceptors (Lipinski definition) is 2. The van der Waals surface area contributed by atoms with E-state index in [1.54, 1.807) is 24.3 Å². The summed E-state index contributed by atoms with van der Waals surface area (Å²) in [6.45, 7) is 1.59. The Morgan fingerprint density at radius 1 is 1.46 bits per heavy atom. The van der Waals surface area contributed by atoms with E-state index in [4.69, 9.17) is 11.2 Å². The third-order valence-electron chi connectivity index (χ3n) is 1.46. The molecule has 0 radical (unpaired) electrons. The van der Waals surface area contributed by atoms with Gasteiger partial charge in [-0.15, -0.1) is 6.42 Å². The second-order valence-corrected chi connectivity index (χ2v) is 2.66. The van der Waals surface area contributed by atoms with Crippen LogP contribution in [0.5, 0.6) is 5.75 Å². The van der Waals surface area contributed by atoms with Crippen molar-refractivity contribution in [2.45, 2.75) is 6.92 Å². The van der Waals surface area contributed by atoms with E-state index in [-0.39, 0.29) is 12.4 Å². The predicted molar refractivity (Wildman–Crippen MR) is 50.6 cm³/mol. The molecular formula is C11H10O2. The Morgan fingerprint density at radius 3 is 2.54 bits per heavy atom. The van der Waals surface area contributed by atoms with Gasteiger partial charge in [0.2, 0.25) is 0 Å². The number of hydrogen-bond donors (Lipinski definition) is 0. The summed E-state index contributed by atoms with van der Waals surface area (Å²) >= 11 is 0. The molecule has 0 aromatic heterocycles. The average Bonchev–Trinajstić information content (AvgIpc) is 2.15. The van der Waals surface area contributed by atoms with Gasteiger partial charge in [-0.3, -0.25) is 4.79 Å². The third-order valence-corrected chi connectivity index (χ3v) is 1.46. The zero-order valence-electron chi connectivity index (χ0n) is 7.41. The molecule has 0 atom stereocenters. The van der Waals surface area contributed by atoms with E-state index >= 15 is 0 Å². The zero-order chi connectivity index (χ0) is 9.68. The fraction of sp³-hybridized carbons (Fsp3) is 0.182. The highest BCUT2D eigenvalue weighted by Gasteiger charge is 1.95. The van der Waals surface area contributed by atoms with Gasteiger partial charge in [-0.1, -0.05) is 5.92 Å². The van der Waals surface area contributed by atoms with Crippen LogP contribution in [0.15, 0.2) is 24.3 Å². The van der Waals surface area contributed by atoms with Gasteiger partial charge in [-0.25, -0.2) is 0 Å². The summed E-state index contributed by atoms with van der Waals surface area (Å²) < 4.78 is 5.15. The first-order chi connectivity index (χ1) is 6.22. The van der Waals surface area contributed by atoms with Crippen LogP contribution in [0.25, 0.3) is 0 Å². The second-order valence-electron chi connectivity index (χ2n) is 2.66. The Kier molecular flexibility index (Phi) is 3.10. The largest absolute Gasteiger partial charge is 0.486 e. The number of benzene rings is 1. The van der Waals surface area contributed by atoms with Crippen molar-refractivity contribution >= 4 is 5.78 Å². The molecule has 13 heavy (non-hydrogen) atoms. The molecule has 0 aliphatic heterocycles. The van der Waals surface area contributed by atoms with Crippen molar-refractivity contribution in [1.29, 1.82) is 0 Å². The molecule has 0 bridgehead atoms. The summed E-state index contributed by atoms with van der Waals surface area (Å²) in [5.74, 6) is 3.16. The summed E-state index contributed by atoms with van der Waals surface area (Å²) in [5.41, 5.74) is 0.801. The highest BCUT2D eigenvalue weighted by molar-refractivity contribution is 5.77. The van der Waals surface area contributed by atoms with Crippen molar-refractivity contribution in [3.63, 3.8) is 0 Å². The van der Waals surface area contributed by atoms with E-state index in [1.165, 1.54) is 6.92 Å². The number of ketones is 1. The van der Waals surface area contributed by atoms with Crippen molar-refractivity contribution in [2.75, 3.05) is 6.61 Å². The Hall–Kier alpha value is -1.75. The van der Waals surface area contributed by atoms with Crippen LogP contribution in [0.2, 0.25) is 0 Å². The van der Waals surface area contributed by atoms with E-state index in [9.17, 15) is 4.79 Å². The van der Waals surface area contributed by atoms with Crippen LogP contribution in [-0.4, -0.2) is 12.4 Å². The topological polar surface area (TPSA) is 26.3 Å². The standard InChI is InChI=1S/C11H10O2/c1-3-10-4-6-11(7-5-10)13-8-9(2)12/h1,4-7H,8H2,2H3. The highest BCUT2D eigenvalue weighted by Crippen LogP contribution is 2.10. The SMILES string of the molecule is C#Cc1ccc(OCC(C)=O)cc1. The van der Waals surface area contributed by atoms with Gasteiger partial charge in [0.25, 0.3) is 0 Å². The average molecular weight is 174 g/mol. The maximum atomic E-state index is 10.6. The minimum atomic E-state index is 0.000950. The number of Topliss-reactive ketones (excluding diaryl/α,β-unsaturated/α-hetero) is 1. The molecular weight excluding hydrogens is 164 g/mol. The van der Waals surface area contributed by atoms with Crippen LogP contribution < -0.4 is 4.74 Å². The third kappa shape index (κ3) is 3.00. The van der Waals surface area contributed by atoms with Gasteiger partial charge < -0.3 is 4.74 Å².